The van der Waals surface area contributed by atoms with Crippen molar-refractivity contribution in [1.82, 2.24) is 30.4 Å². The maximum Gasteiger partial charge on any atom is 0.225 e. The Kier molecular flexibility index (Phi) is 6.08. The van der Waals surface area contributed by atoms with Crippen molar-refractivity contribution in [3.63, 3.8) is 0 Å². The van der Waals surface area contributed by atoms with Gasteiger partial charge in [0, 0.05) is 43.7 Å². The second-order valence-corrected chi connectivity index (χ2v) is 8.32. The van der Waals surface area contributed by atoms with Crippen LogP contribution in [0.5, 0.6) is 5.75 Å². The highest BCUT2D eigenvalue weighted by atomic mass is 16.5. The van der Waals surface area contributed by atoms with Crippen LogP contribution in [-0.2, 0) is 4.79 Å². The first-order valence-electron chi connectivity index (χ1n) is 10.6. The van der Waals surface area contributed by atoms with E-state index >= 15 is 0 Å². The molecule has 1 saturated heterocycles. The van der Waals surface area contributed by atoms with Crippen LogP contribution in [0.25, 0.3) is 11.4 Å². The molecule has 1 aromatic carbocycles. The van der Waals surface area contributed by atoms with E-state index in [4.69, 9.17) is 4.74 Å². The van der Waals surface area contributed by atoms with Crippen LogP contribution in [0.3, 0.4) is 0 Å². The molecule has 0 radical (unpaired) electrons. The summed E-state index contributed by atoms with van der Waals surface area (Å²) < 4.78 is 6.15. The summed E-state index contributed by atoms with van der Waals surface area (Å²) in [4.78, 5) is 17.4. The van der Waals surface area contributed by atoms with Gasteiger partial charge in [-0.2, -0.15) is 0 Å². The fourth-order valence-electron chi connectivity index (χ4n) is 4.31. The van der Waals surface area contributed by atoms with Gasteiger partial charge in [-0.05, 0) is 74.2 Å². The molecule has 1 aromatic heterocycles. The molecule has 4 rings (SSSR count). The number of carbonyl (C=O) groups excluding carboxylic acids is 1. The number of aromatic amines is 1. The monoisotopic (exact) mass is 398 g/mol. The minimum atomic E-state index is 0.154. The van der Waals surface area contributed by atoms with Crippen molar-refractivity contribution >= 4 is 5.91 Å². The van der Waals surface area contributed by atoms with Crippen LogP contribution in [-0.4, -0.2) is 74.7 Å². The number of hydrogen-bond acceptors (Lipinski definition) is 6. The Hall–Kier alpha value is -2.48. The van der Waals surface area contributed by atoms with Gasteiger partial charge in [0.15, 0.2) is 5.82 Å². The standard InChI is InChI=1S/C21H30N6O2/c1-15(2)26-11-13-27(14-12-26)21(28)17-5-9-19(10-6-17)29-18-7-3-16(4-8-18)20-22-24-25-23-20/h3-4,7-8,15,17,19H,5-6,9-14H2,1-2H3,(H,22,23,24,25)/t17-,19-. The fraction of sp³-hybridized carbons (Fsp3) is 0.619. The fourth-order valence-corrected chi connectivity index (χ4v) is 4.31. The second-order valence-electron chi connectivity index (χ2n) is 8.32. The number of carbonyl (C=O) groups is 1. The van der Waals surface area contributed by atoms with Crippen LogP contribution in [0.1, 0.15) is 39.5 Å². The normalized spacial score (nSPS) is 23.3. The first kappa shape index (κ1) is 19.8. The summed E-state index contributed by atoms with van der Waals surface area (Å²) in [5.74, 6) is 1.99. The van der Waals surface area contributed by atoms with E-state index in [1.165, 1.54) is 0 Å². The second kappa shape index (κ2) is 8.90. The van der Waals surface area contributed by atoms with E-state index in [1.807, 2.05) is 24.3 Å². The topological polar surface area (TPSA) is 87.2 Å². The third-order valence-electron chi connectivity index (χ3n) is 6.16. The molecule has 8 nitrogen and oxygen atoms in total. The molecule has 2 aliphatic rings. The summed E-state index contributed by atoms with van der Waals surface area (Å²) in [5.41, 5.74) is 0.925. The highest BCUT2D eigenvalue weighted by molar-refractivity contribution is 5.79. The Bertz CT molecular complexity index is 776. The van der Waals surface area contributed by atoms with Gasteiger partial charge >= 0.3 is 0 Å². The van der Waals surface area contributed by atoms with Gasteiger partial charge < -0.3 is 9.64 Å². The molecule has 0 spiro atoms. The van der Waals surface area contributed by atoms with E-state index in [9.17, 15) is 4.79 Å². The Morgan fingerprint density at radius 3 is 2.34 bits per heavy atom. The lowest BCUT2D eigenvalue weighted by Gasteiger charge is -2.39. The summed E-state index contributed by atoms with van der Waals surface area (Å²) in [6.07, 6.45) is 3.85. The van der Waals surface area contributed by atoms with Crippen LogP contribution in [0.4, 0.5) is 0 Å². The van der Waals surface area contributed by atoms with Crippen LogP contribution < -0.4 is 4.74 Å². The number of piperazine rings is 1. The number of benzene rings is 1. The molecule has 0 bridgehead atoms. The summed E-state index contributed by atoms with van der Waals surface area (Å²) in [6.45, 7) is 8.14. The quantitative estimate of drug-likeness (QED) is 0.832. The molecular formula is C21H30N6O2. The SMILES string of the molecule is CC(C)N1CCN(C(=O)[C@H]2CC[C@H](Oc3ccc(-c4nnn[nH]4)cc3)CC2)CC1. The molecule has 1 saturated carbocycles. The molecule has 2 aromatic rings. The minimum Gasteiger partial charge on any atom is -0.490 e. The maximum absolute atomic E-state index is 12.9. The van der Waals surface area contributed by atoms with Crippen molar-refractivity contribution in [3.05, 3.63) is 24.3 Å². The summed E-state index contributed by atoms with van der Waals surface area (Å²) >= 11 is 0. The van der Waals surface area contributed by atoms with E-state index in [1.54, 1.807) is 0 Å². The van der Waals surface area contributed by atoms with Gasteiger partial charge in [-0.1, -0.05) is 0 Å². The van der Waals surface area contributed by atoms with Crippen molar-refractivity contribution in [3.8, 4) is 17.1 Å². The first-order chi connectivity index (χ1) is 14.1. The zero-order valence-corrected chi connectivity index (χ0v) is 17.3. The van der Waals surface area contributed by atoms with Crippen molar-refractivity contribution in [2.24, 2.45) is 5.92 Å². The number of ether oxygens (including phenoxy) is 1. The highest BCUT2D eigenvalue weighted by Crippen LogP contribution is 2.30. The summed E-state index contributed by atoms with van der Waals surface area (Å²) in [5, 5.41) is 13.9. The predicted octanol–water partition coefficient (Wildman–Crippen LogP) is 2.36. The number of nitrogens with zero attached hydrogens (tertiary/aromatic N) is 5. The number of amides is 1. The first-order valence-corrected chi connectivity index (χ1v) is 10.6. The molecule has 1 N–H and O–H groups in total. The molecule has 0 atom stereocenters. The van der Waals surface area contributed by atoms with Crippen molar-refractivity contribution in [1.29, 1.82) is 0 Å². The van der Waals surface area contributed by atoms with E-state index in [-0.39, 0.29) is 12.0 Å². The van der Waals surface area contributed by atoms with Crippen molar-refractivity contribution in [2.45, 2.75) is 51.7 Å². The van der Waals surface area contributed by atoms with E-state index in [0.29, 0.717) is 17.8 Å². The molecule has 8 heteroatoms. The van der Waals surface area contributed by atoms with Crippen molar-refractivity contribution in [2.75, 3.05) is 26.2 Å². The average Bonchev–Trinajstić information content (AvgIpc) is 3.29. The molecule has 2 heterocycles. The lowest BCUT2D eigenvalue weighted by molar-refractivity contribution is -0.139. The largest absolute Gasteiger partial charge is 0.490 e. The Morgan fingerprint density at radius 2 is 1.76 bits per heavy atom. The van der Waals surface area contributed by atoms with Crippen LogP contribution in [0.15, 0.2) is 24.3 Å². The molecular weight excluding hydrogens is 368 g/mol. The average molecular weight is 399 g/mol. The molecule has 1 amide bonds. The molecule has 1 aliphatic heterocycles. The molecule has 0 unspecified atom stereocenters. The third-order valence-corrected chi connectivity index (χ3v) is 6.16. The van der Waals surface area contributed by atoms with E-state index in [0.717, 1.165) is 63.2 Å². The van der Waals surface area contributed by atoms with E-state index < -0.39 is 0 Å². The summed E-state index contributed by atoms with van der Waals surface area (Å²) in [7, 11) is 0. The lowest BCUT2D eigenvalue weighted by atomic mass is 9.86. The Balaban J connectivity index is 1.24. The van der Waals surface area contributed by atoms with Gasteiger partial charge in [-0.3, -0.25) is 9.69 Å². The maximum atomic E-state index is 12.9. The summed E-state index contributed by atoms with van der Waals surface area (Å²) in [6, 6.07) is 8.35. The molecule has 2 fully saturated rings. The van der Waals surface area contributed by atoms with E-state index in [2.05, 4.69) is 44.3 Å². The zero-order valence-electron chi connectivity index (χ0n) is 17.3. The minimum absolute atomic E-state index is 0.154. The van der Waals surface area contributed by atoms with Crippen LogP contribution >= 0.6 is 0 Å². The number of H-pyrrole nitrogens is 1. The number of tetrazole rings is 1. The Morgan fingerprint density at radius 1 is 1.07 bits per heavy atom. The van der Waals surface area contributed by atoms with Gasteiger partial charge in [0.2, 0.25) is 5.91 Å². The number of nitrogens with one attached hydrogen (secondary N) is 1. The van der Waals surface area contributed by atoms with Gasteiger partial charge in [0.1, 0.15) is 5.75 Å². The zero-order chi connectivity index (χ0) is 20.2. The van der Waals surface area contributed by atoms with Crippen LogP contribution in [0.2, 0.25) is 0 Å². The Labute approximate surface area is 171 Å². The highest BCUT2D eigenvalue weighted by Gasteiger charge is 2.32. The third kappa shape index (κ3) is 4.75. The molecule has 29 heavy (non-hydrogen) atoms. The molecule has 1 aliphatic carbocycles. The van der Waals surface area contributed by atoms with Gasteiger partial charge in [0.05, 0.1) is 6.10 Å². The number of hydrogen-bond donors (Lipinski definition) is 1. The number of rotatable bonds is 5. The number of aromatic nitrogens is 4. The van der Waals surface area contributed by atoms with Crippen molar-refractivity contribution < 1.29 is 9.53 Å². The smallest absolute Gasteiger partial charge is 0.225 e. The van der Waals surface area contributed by atoms with Crippen LogP contribution in [0, 0.1) is 5.92 Å². The lowest BCUT2D eigenvalue weighted by Crippen LogP contribution is -2.52. The van der Waals surface area contributed by atoms with Gasteiger partial charge in [-0.25, -0.2) is 5.10 Å². The van der Waals surface area contributed by atoms with Gasteiger partial charge in [-0.15, -0.1) is 5.10 Å². The predicted molar refractivity (Wildman–Crippen MR) is 109 cm³/mol. The van der Waals surface area contributed by atoms with Gasteiger partial charge in [0.25, 0.3) is 0 Å². The molecule has 156 valence electrons.